The molecule has 0 radical (unpaired) electrons. The molecule has 1 amide bonds. The molecule has 1 aliphatic rings. The molecule has 1 aromatic heterocycles. The molecule has 0 spiro atoms. The van der Waals surface area contributed by atoms with Gasteiger partial charge in [-0.25, -0.2) is 0 Å². The third-order valence-corrected chi connectivity index (χ3v) is 4.87. The number of nitrogens with two attached hydrogens (primary N) is 1. The maximum absolute atomic E-state index is 12.2. The van der Waals surface area contributed by atoms with E-state index < -0.39 is 0 Å². The highest BCUT2D eigenvalue weighted by Gasteiger charge is 2.29. The van der Waals surface area contributed by atoms with Crippen molar-refractivity contribution in [2.24, 2.45) is 17.6 Å². The normalized spacial score (nSPS) is 23.9. The van der Waals surface area contributed by atoms with Gasteiger partial charge in [-0.2, -0.15) is 11.3 Å². The van der Waals surface area contributed by atoms with Gasteiger partial charge in [0.1, 0.15) is 0 Å². The quantitative estimate of drug-likeness (QED) is 0.879. The topological polar surface area (TPSA) is 55.1 Å². The van der Waals surface area contributed by atoms with Crippen LogP contribution in [0.3, 0.4) is 0 Å². The Kier molecular flexibility index (Phi) is 4.78. The summed E-state index contributed by atoms with van der Waals surface area (Å²) in [6.07, 6.45) is 4.48. The SMILES string of the molecule is Cc1cscc1CNC(=O)C1CCCCC1CN. The van der Waals surface area contributed by atoms with Crippen molar-refractivity contribution >= 4 is 17.2 Å². The summed E-state index contributed by atoms with van der Waals surface area (Å²) in [6, 6.07) is 0. The highest BCUT2D eigenvalue weighted by molar-refractivity contribution is 7.08. The molecule has 1 heterocycles. The van der Waals surface area contributed by atoms with Gasteiger partial charge in [0.25, 0.3) is 0 Å². The molecule has 1 saturated carbocycles. The molecule has 0 aromatic carbocycles. The average Bonchev–Trinajstić information content (AvgIpc) is 2.81. The summed E-state index contributed by atoms with van der Waals surface area (Å²) in [7, 11) is 0. The Bertz CT molecular complexity index is 402. The van der Waals surface area contributed by atoms with E-state index >= 15 is 0 Å². The second kappa shape index (κ2) is 6.34. The van der Waals surface area contributed by atoms with Crippen LogP contribution in [0.25, 0.3) is 0 Å². The van der Waals surface area contributed by atoms with Crippen LogP contribution in [0.15, 0.2) is 10.8 Å². The molecular weight excluding hydrogens is 244 g/mol. The van der Waals surface area contributed by atoms with Crippen LogP contribution in [-0.2, 0) is 11.3 Å². The van der Waals surface area contributed by atoms with Crippen LogP contribution in [0.1, 0.15) is 36.8 Å². The minimum Gasteiger partial charge on any atom is -0.352 e. The third-order valence-electron chi connectivity index (χ3n) is 3.96. The molecule has 1 aliphatic carbocycles. The minimum absolute atomic E-state index is 0.127. The van der Waals surface area contributed by atoms with Crippen LogP contribution in [-0.4, -0.2) is 12.5 Å². The van der Waals surface area contributed by atoms with Gasteiger partial charge in [0.15, 0.2) is 0 Å². The van der Waals surface area contributed by atoms with Gasteiger partial charge in [-0.1, -0.05) is 12.8 Å². The Morgan fingerprint density at radius 1 is 1.44 bits per heavy atom. The van der Waals surface area contributed by atoms with Gasteiger partial charge >= 0.3 is 0 Å². The zero-order chi connectivity index (χ0) is 13.0. The molecule has 2 atom stereocenters. The number of nitrogens with one attached hydrogen (secondary N) is 1. The van der Waals surface area contributed by atoms with Crippen molar-refractivity contribution in [3.63, 3.8) is 0 Å². The van der Waals surface area contributed by atoms with Crippen LogP contribution in [0.5, 0.6) is 0 Å². The largest absolute Gasteiger partial charge is 0.352 e. The molecule has 4 heteroatoms. The number of thiophene rings is 1. The summed E-state index contributed by atoms with van der Waals surface area (Å²) >= 11 is 1.69. The molecule has 0 saturated heterocycles. The number of carbonyl (C=O) groups is 1. The van der Waals surface area contributed by atoms with E-state index in [4.69, 9.17) is 5.73 Å². The maximum atomic E-state index is 12.2. The zero-order valence-corrected chi connectivity index (χ0v) is 11.8. The predicted molar refractivity (Wildman–Crippen MR) is 75.4 cm³/mol. The fraction of sp³-hybridized carbons (Fsp3) is 0.643. The van der Waals surface area contributed by atoms with Crippen molar-refractivity contribution in [1.29, 1.82) is 0 Å². The van der Waals surface area contributed by atoms with Crippen LogP contribution >= 0.6 is 11.3 Å². The van der Waals surface area contributed by atoms with Gasteiger partial charge in [0.05, 0.1) is 0 Å². The molecule has 18 heavy (non-hydrogen) atoms. The second-order valence-electron chi connectivity index (χ2n) is 5.18. The molecule has 1 fully saturated rings. The molecule has 2 unspecified atom stereocenters. The highest BCUT2D eigenvalue weighted by Crippen LogP contribution is 2.29. The van der Waals surface area contributed by atoms with E-state index in [2.05, 4.69) is 23.0 Å². The molecule has 0 bridgehead atoms. The number of rotatable bonds is 4. The first kappa shape index (κ1) is 13.6. The van der Waals surface area contributed by atoms with Crippen LogP contribution < -0.4 is 11.1 Å². The molecule has 3 N–H and O–H groups in total. The Balaban J connectivity index is 1.89. The van der Waals surface area contributed by atoms with Gasteiger partial charge in [0.2, 0.25) is 5.91 Å². The van der Waals surface area contributed by atoms with Crippen molar-refractivity contribution in [3.8, 4) is 0 Å². The Hall–Kier alpha value is -0.870. The fourth-order valence-corrected chi connectivity index (χ4v) is 3.57. The van der Waals surface area contributed by atoms with Crippen LogP contribution in [0, 0.1) is 18.8 Å². The molecule has 1 aromatic rings. The lowest BCUT2D eigenvalue weighted by Crippen LogP contribution is -2.39. The Morgan fingerprint density at radius 2 is 2.22 bits per heavy atom. The zero-order valence-electron chi connectivity index (χ0n) is 10.9. The lowest BCUT2D eigenvalue weighted by molar-refractivity contribution is -0.127. The van der Waals surface area contributed by atoms with E-state index in [1.807, 2.05) is 0 Å². The van der Waals surface area contributed by atoms with E-state index in [1.54, 1.807) is 11.3 Å². The van der Waals surface area contributed by atoms with Crippen LogP contribution in [0.2, 0.25) is 0 Å². The van der Waals surface area contributed by atoms with E-state index in [9.17, 15) is 4.79 Å². The lowest BCUT2D eigenvalue weighted by atomic mass is 9.79. The lowest BCUT2D eigenvalue weighted by Gasteiger charge is -2.29. The number of amides is 1. The number of aryl methyl sites for hydroxylation is 1. The molecule has 100 valence electrons. The number of hydrogen-bond acceptors (Lipinski definition) is 3. The van der Waals surface area contributed by atoms with Gasteiger partial charge in [-0.05, 0) is 54.1 Å². The van der Waals surface area contributed by atoms with Crippen LogP contribution in [0.4, 0.5) is 0 Å². The summed E-state index contributed by atoms with van der Waals surface area (Å²) < 4.78 is 0. The Morgan fingerprint density at radius 3 is 2.89 bits per heavy atom. The fourth-order valence-electron chi connectivity index (χ4n) is 2.72. The molecule has 3 nitrogen and oxygen atoms in total. The van der Waals surface area contributed by atoms with Gasteiger partial charge in [-0.3, -0.25) is 4.79 Å². The minimum atomic E-state index is 0.127. The summed E-state index contributed by atoms with van der Waals surface area (Å²) in [6.45, 7) is 3.37. The van der Waals surface area contributed by atoms with Gasteiger partial charge in [0, 0.05) is 12.5 Å². The van der Waals surface area contributed by atoms with Crippen molar-refractivity contribution in [2.45, 2.75) is 39.2 Å². The standard InChI is InChI=1S/C14H22N2OS/c1-10-8-18-9-12(10)7-16-14(17)13-5-3-2-4-11(13)6-15/h8-9,11,13H,2-7,15H2,1H3,(H,16,17). The second-order valence-corrected chi connectivity index (χ2v) is 5.93. The summed E-state index contributed by atoms with van der Waals surface area (Å²) in [5.74, 6) is 0.695. The van der Waals surface area contributed by atoms with Crippen molar-refractivity contribution in [3.05, 3.63) is 21.9 Å². The number of carbonyl (C=O) groups excluding carboxylic acids is 1. The van der Waals surface area contributed by atoms with Crippen molar-refractivity contribution < 1.29 is 4.79 Å². The van der Waals surface area contributed by atoms with E-state index in [0.717, 1.165) is 19.3 Å². The highest BCUT2D eigenvalue weighted by atomic mass is 32.1. The first-order valence-electron chi connectivity index (χ1n) is 6.71. The first-order chi connectivity index (χ1) is 8.72. The van der Waals surface area contributed by atoms with E-state index in [0.29, 0.717) is 19.0 Å². The molecule has 0 aliphatic heterocycles. The number of hydrogen-bond donors (Lipinski definition) is 2. The van der Waals surface area contributed by atoms with Crippen molar-refractivity contribution in [2.75, 3.05) is 6.54 Å². The van der Waals surface area contributed by atoms with Gasteiger partial charge in [-0.15, -0.1) is 0 Å². The maximum Gasteiger partial charge on any atom is 0.223 e. The summed E-state index contributed by atoms with van der Waals surface area (Å²) in [5.41, 5.74) is 8.26. The smallest absolute Gasteiger partial charge is 0.223 e. The summed E-state index contributed by atoms with van der Waals surface area (Å²) in [4.78, 5) is 12.2. The monoisotopic (exact) mass is 266 g/mol. The average molecular weight is 266 g/mol. The van der Waals surface area contributed by atoms with E-state index in [-0.39, 0.29) is 11.8 Å². The third kappa shape index (κ3) is 3.12. The molecule has 2 rings (SSSR count). The predicted octanol–water partition coefficient (Wildman–Crippen LogP) is 2.44. The van der Waals surface area contributed by atoms with E-state index in [1.165, 1.54) is 17.5 Å². The first-order valence-corrected chi connectivity index (χ1v) is 7.66. The summed E-state index contributed by atoms with van der Waals surface area (Å²) in [5, 5.41) is 7.30. The van der Waals surface area contributed by atoms with Gasteiger partial charge < -0.3 is 11.1 Å². The Labute approximate surface area is 113 Å². The van der Waals surface area contributed by atoms with Crippen molar-refractivity contribution in [1.82, 2.24) is 5.32 Å². The molecular formula is C14H22N2OS.